The van der Waals surface area contributed by atoms with Crippen molar-refractivity contribution in [3.8, 4) is 11.1 Å². The lowest BCUT2D eigenvalue weighted by Gasteiger charge is -2.44. The number of para-hydroxylation sites is 1. The van der Waals surface area contributed by atoms with E-state index >= 15 is 0 Å². The van der Waals surface area contributed by atoms with Crippen molar-refractivity contribution < 1.29 is 27.8 Å². The standard InChI is InChI=1S/C40H45FNO5PSi/c1-29(2)42-36-20-13-12-19-35(36)39(30-22-24-31(41)25-23-30)37(42)21-14-26-46-48(45)28-32(27-38(43)44)47-49(40(3,4)5,33-15-8-6-9-16-33)34-17-10-7-11-18-34/h6-13,15-20,22-25,29,32H,14,21,26-28H2,1-5H3/p+1/t32-/m0/s1. The Balaban J connectivity index is 1.36. The summed E-state index contributed by atoms with van der Waals surface area (Å²) < 4.78 is 42.7. The van der Waals surface area contributed by atoms with E-state index in [2.05, 4.69) is 75.6 Å². The molecule has 49 heavy (non-hydrogen) atoms. The molecule has 1 unspecified atom stereocenters. The molecule has 0 saturated heterocycles. The lowest BCUT2D eigenvalue weighted by molar-refractivity contribution is -0.138. The number of rotatable bonds is 15. The highest BCUT2D eigenvalue weighted by Gasteiger charge is 2.52. The van der Waals surface area contributed by atoms with E-state index in [1.807, 2.05) is 60.7 Å². The summed E-state index contributed by atoms with van der Waals surface area (Å²) in [5, 5.41) is 12.7. The number of fused-ring (bicyclic) bond motifs is 1. The zero-order valence-corrected chi connectivity index (χ0v) is 30.8. The first kappa shape index (κ1) is 36.3. The zero-order valence-electron chi connectivity index (χ0n) is 28.9. The summed E-state index contributed by atoms with van der Waals surface area (Å²) in [6, 6.07) is 35.0. The summed E-state index contributed by atoms with van der Waals surface area (Å²) in [6.45, 7) is 10.9. The number of carboxylic acids is 1. The normalized spacial score (nSPS) is 13.2. The number of nitrogens with zero attached hydrogens (tertiary/aromatic N) is 1. The van der Waals surface area contributed by atoms with E-state index in [1.165, 1.54) is 12.1 Å². The number of carbonyl (C=O) groups is 1. The fourth-order valence-electron chi connectivity index (χ4n) is 6.99. The molecule has 0 amide bonds. The van der Waals surface area contributed by atoms with Gasteiger partial charge in [-0.2, -0.15) is 0 Å². The minimum absolute atomic E-state index is 0.0286. The van der Waals surface area contributed by atoms with E-state index in [1.54, 1.807) is 0 Å². The van der Waals surface area contributed by atoms with Crippen LogP contribution in [0.3, 0.4) is 0 Å². The maximum Gasteiger partial charge on any atom is 0.510 e. The van der Waals surface area contributed by atoms with Crippen molar-refractivity contribution in [2.45, 2.75) is 71.1 Å². The van der Waals surface area contributed by atoms with E-state index in [0.717, 1.165) is 38.1 Å². The molecule has 5 aromatic rings. The van der Waals surface area contributed by atoms with Crippen molar-refractivity contribution in [1.82, 2.24) is 4.57 Å². The molecule has 256 valence electrons. The van der Waals surface area contributed by atoms with Crippen LogP contribution in [0.25, 0.3) is 22.0 Å². The molecule has 0 aliphatic carbocycles. The maximum absolute atomic E-state index is 13.9. The number of hydrogen-bond acceptors (Lipinski definition) is 4. The molecule has 9 heteroatoms. The second-order valence-corrected chi connectivity index (χ2v) is 19.3. The molecule has 0 bridgehead atoms. The third-order valence-electron chi connectivity index (χ3n) is 8.97. The van der Waals surface area contributed by atoms with Gasteiger partial charge < -0.3 is 14.1 Å². The first-order chi connectivity index (χ1) is 23.4. The van der Waals surface area contributed by atoms with E-state index in [0.29, 0.717) is 12.8 Å². The number of aliphatic carboxylic acids is 1. The second kappa shape index (κ2) is 15.7. The summed E-state index contributed by atoms with van der Waals surface area (Å²) in [6.07, 6.45) is 0.113. The molecule has 0 radical (unpaired) electrons. The minimum Gasteiger partial charge on any atom is -0.481 e. The van der Waals surface area contributed by atoms with E-state index in [-0.39, 0.29) is 36.1 Å². The molecule has 0 saturated carbocycles. The Morgan fingerprint density at radius 2 is 1.45 bits per heavy atom. The van der Waals surface area contributed by atoms with Gasteiger partial charge >= 0.3 is 14.0 Å². The van der Waals surface area contributed by atoms with Crippen LogP contribution in [0.2, 0.25) is 5.04 Å². The van der Waals surface area contributed by atoms with Crippen LogP contribution in [-0.2, 0) is 24.7 Å². The number of halogens is 1. The first-order valence-corrected chi connectivity index (χ1v) is 20.2. The summed E-state index contributed by atoms with van der Waals surface area (Å²) >= 11 is 0. The van der Waals surface area contributed by atoms with Gasteiger partial charge in [0.25, 0.3) is 8.32 Å². The SMILES string of the molecule is CC(C)n1c(CCCO[P+](=O)C[C@H](CC(=O)O)O[Si](c2ccccc2)(c2ccccc2)C(C)(C)C)c(-c2ccc(F)cc2)c2ccccc21. The average molecular weight is 699 g/mol. The van der Waals surface area contributed by atoms with E-state index < -0.39 is 28.4 Å². The van der Waals surface area contributed by atoms with Crippen LogP contribution in [-0.4, -0.2) is 42.8 Å². The zero-order chi connectivity index (χ0) is 35.2. The largest absolute Gasteiger partial charge is 0.510 e. The quantitative estimate of drug-likeness (QED) is 0.0671. The molecular formula is C40H46FNO5PSi+. The first-order valence-electron chi connectivity index (χ1n) is 16.9. The Labute approximate surface area is 290 Å². The predicted octanol–water partition coefficient (Wildman–Crippen LogP) is 9.14. The summed E-state index contributed by atoms with van der Waals surface area (Å²) in [4.78, 5) is 12.1. The molecular weight excluding hydrogens is 653 g/mol. The summed E-state index contributed by atoms with van der Waals surface area (Å²) in [5.74, 6) is -1.30. The summed E-state index contributed by atoms with van der Waals surface area (Å²) in [7, 11) is -5.29. The third kappa shape index (κ3) is 8.10. The Morgan fingerprint density at radius 1 is 0.878 bits per heavy atom. The van der Waals surface area contributed by atoms with Gasteiger partial charge in [-0.15, -0.1) is 4.52 Å². The topological polar surface area (TPSA) is 77.8 Å². The van der Waals surface area contributed by atoms with Gasteiger partial charge in [-0.3, -0.25) is 4.79 Å². The molecule has 0 fully saturated rings. The van der Waals surface area contributed by atoms with Crippen LogP contribution in [0.5, 0.6) is 0 Å². The average Bonchev–Trinajstić information content (AvgIpc) is 3.40. The Hall–Kier alpha value is -3.94. The summed E-state index contributed by atoms with van der Waals surface area (Å²) in [5.41, 5.74) is 4.22. The van der Waals surface area contributed by atoms with Crippen LogP contribution in [0.4, 0.5) is 4.39 Å². The van der Waals surface area contributed by atoms with Gasteiger partial charge in [-0.25, -0.2) is 4.39 Å². The maximum atomic E-state index is 13.9. The Bertz CT molecular complexity index is 1830. The van der Waals surface area contributed by atoms with Crippen molar-refractivity contribution in [2.24, 2.45) is 0 Å². The molecule has 6 nitrogen and oxygen atoms in total. The molecule has 4 aromatic carbocycles. The Kier molecular flexibility index (Phi) is 11.7. The molecule has 0 spiro atoms. The highest BCUT2D eigenvalue weighted by molar-refractivity contribution is 7.39. The number of hydrogen-bond donors (Lipinski definition) is 1. The van der Waals surface area contributed by atoms with Crippen molar-refractivity contribution in [2.75, 3.05) is 12.8 Å². The highest BCUT2D eigenvalue weighted by Crippen LogP contribution is 2.40. The van der Waals surface area contributed by atoms with Crippen molar-refractivity contribution in [1.29, 1.82) is 0 Å². The lowest BCUT2D eigenvalue weighted by atomic mass is 10.00. The highest BCUT2D eigenvalue weighted by atomic mass is 31.1. The van der Waals surface area contributed by atoms with Gasteiger partial charge in [0.15, 0.2) is 0 Å². The van der Waals surface area contributed by atoms with Crippen molar-refractivity contribution in [3.63, 3.8) is 0 Å². The monoisotopic (exact) mass is 698 g/mol. The van der Waals surface area contributed by atoms with Gasteiger partial charge in [0.1, 0.15) is 18.5 Å². The van der Waals surface area contributed by atoms with Gasteiger partial charge in [-0.05, 0) is 70.4 Å². The fourth-order valence-corrected chi connectivity index (χ4v) is 12.8. The van der Waals surface area contributed by atoms with Gasteiger partial charge in [0, 0.05) is 28.2 Å². The van der Waals surface area contributed by atoms with Crippen LogP contribution in [0.15, 0.2) is 109 Å². The van der Waals surface area contributed by atoms with E-state index in [4.69, 9.17) is 8.95 Å². The number of benzene rings is 4. The molecule has 1 heterocycles. The van der Waals surface area contributed by atoms with Gasteiger partial charge in [-0.1, -0.05) is 112 Å². The molecule has 0 aliphatic rings. The predicted molar refractivity (Wildman–Crippen MR) is 199 cm³/mol. The van der Waals surface area contributed by atoms with Crippen LogP contribution < -0.4 is 10.4 Å². The molecule has 5 rings (SSSR count). The van der Waals surface area contributed by atoms with Crippen molar-refractivity contribution >= 4 is 43.6 Å². The molecule has 0 aliphatic heterocycles. The third-order valence-corrected chi connectivity index (χ3v) is 15.2. The molecule has 2 atom stereocenters. The van der Waals surface area contributed by atoms with Crippen LogP contribution >= 0.6 is 8.03 Å². The molecule has 1 N–H and O–H groups in total. The smallest absolute Gasteiger partial charge is 0.481 e. The van der Waals surface area contributed by atoms with Gasteiger partial charge in [0.2, 0.25) is 6.16 Å². The lowest BCUT2D eigenvalue weighted by Crippen LogP contribution is -2.68. The number of carboxylic acid groups (broad SMARTS) is 1. The van der Waals surface area contributed by atoms with Crippen molar-refractivity contribution in [3.05, 3.63) is 121 Å². The molecule has 1 aromatic heterocycles. The minimum atomic E-state index is -3.08. The Morgan fingerprint density at radius 3 is 2.00 bits per heavy atom. The van der Waals surface area contributed by atoms with E-state index in [9.17, 15) is 18.9 Å². The fraction of sp³-hybridized carbons (Fsp3) is 0.325. The van der Waals surface area contributed by atoms with Crippen LogP contribution in [0.1, 0.15) is 59.2 Å². The van der Waals surface area contributed by atoms with Gasteiger partial charge in [0.05, 0.1) is 6.42 Å². The number of aromatic nitrogens is 1. The van der Waals surface area contributed by atoms with Crippen LogP contribution in [0, 0.1) is 5.82 Å². The second-order valence-electron chi connectivity index (χ2n) is 13.8.